The molecule has 0 radical (unpaired) electrons. The van der Waals surface area contributed by atoms with Crippen molar-refractivity contribution in [2.75, 3.05) is 7.11 Å². The number of hydrogen-bond donors (Lipinski definition) is 0. The number of benzene rings is 2. The third-order valence-electron chi connectivity index (χ3n) is 2.97. The van der Waals surface area contributed by atoms with E-state index < -0.39 is 11.7 Å². The standard InChI is InChI=1S/C16H12FNO2/c1-20-14-8-4-12(5-9-14)16(19)15(10-18)11-2-6-13(17)7-3-11/h2-9,15H,1H3. The van der Waals surface area contributed by atoms with Crippen molar-refractivity contribution in [3.63, 3.8) is 0 Å². The van der Waals surface area contributed by atoms with Gasteiger partial charge in [0.15, 0.2) is 5.78 Å². The number of halogens is 1. The maximum atomic E-state index is 12.9. The number of Topliss-reactive ketones (excluding diaryl/α,β-unsaturated/α-hetero) is 1. The Morgan fingerprint density at radius 1 is 1.15 bits per heavy atom. The molecule has 0 bridgehead atoms. The van der Waals surface area contributed by atoms with E-state index in [0.717, 1.165) is 0 Å². The van der Waals surface area contributed by atoms with Crippen molar-refractivity contribution in [3.05, 3.63) is 65.5 Å². The molecule has 0 aliphatic carbocycles. The third kappa shape index (κ3) is 2.83. The fourth-order valence-corrected chi connectivity index (χ4v) is 1.86. The summed E-state index contributed by atoms with van der Waals surface area (Å²) in [6.45, 7) is 0. The molecule has 0 amide bonds. The summed E-state index contributed by atoms with van der Waals surface area (Å²) in [4.78, 5) is 12.3. The summed E-state index contributed by atoms with van der Waals surface area (Å²) in [7, 11) is 1.54. The van der Waals surface area contributed by atoms with Gasteiger partial charge < -0.3 is 4.74 Å². The predicted molar refractivity (Wildman–Crippen MR) is 72.1 cm³/mol. The van der Waals surface area contributed by atoms with Crippen LogP contribution in [0.5, 0.6) is 5.75 Å². The highest BCUT2D eigenvalue weighted by Crippen LogP contribution is 2.22. The summed E-state index contributed by atoms with van der Waals surface area (Å²) >= 11 is 0. The van der Waals surface area contributed by atoms with E-state index in [9.17, 15) is 14.4 Å². The van der Waals surface area contributed by atoms with Crippen LogP contribution in [-0.2, 0) is 0 Å². The quantitative estimate of drug-likeness (QED) is 0.800. The van der Waals surface area contributed by atoms with Gasteiger partial charge in [-0.2, -0.15) is 5.26 Å². The Balaban J connectivity index is 2.29. The zero-order valence-electron chi connectivity index (χ0n) is 10.8. The third-order valence-corrected chi connectivity index (χ3v) is 2.97. The summed E-state index contributed by atoms with van der Waals surface area (Å²) in [6, 6.07) is 13.9. The minimum atomic E-state index is -0.941. The van der Waals surface area contributed by atoms with E-state index in [1.165, 1.54) is 31.4 Å². The molecule has 100 valence electrons. The van der Waals surface area contributed by atoms with E-state index >= 15 is 0 Å². The number of methoxy groups -OCH3 is 1. The van der Waals surface area contributed by atoms with Gasteiger partial charge in [-0.25, -0.2) is 4.39 Å². The highest BCUT2D eigenvalue weighted by atomic mass is 19.1. The molecule has 0 spiro atoms. The van der Waals surface area contributed by atoms with Crippen molar-refractivity contribution in [2.45, 2.75) is 5.92 Å². The summed E-state index contributed by atoms with van der Waals surface area (Å²) in [6.07, 6.45) is 0. The van der Waals surface area contributed by atoms with Crippen LogP contribution in [0.2, 0.25) is 0 Å². The van der Waals surface area contributed by atoms with E-state index in [1.54, 1.807) is 24.3 Å². The van der Waals surface area contributed by atoms with Crippen LogP contribution >= 0.6 is 0 Å². The van der Waals surface area contributed by atoms with Crippen molar-refractivity contribution in [1.29, 1.82) is 5.26 Å². The molecular weight excluding hydrogens is 257 g/mol. The molecule has 1 unspecified atom stereocenters. The van der Waals surface area contributed by atoms with Gasteiger partial charge in [0, 0.05) is 5.56 Å². The number of nitriles is 1. The van der Waals surface area contributed by atoms with Gasteiger partial charge >= 0.3 is 0 Å². The van der Waals surface area contributed by atoms with E-state index in [0.29, 0.717) is 16.9 Å². The van der Waals surface area contributed by atoms with Gasteiger partial charge in [-0.05, 0) is 42.0 Å². The van der Waals surface area contributed by atoms with Crippen LogP contribution < -0.4 is 4.74 Å². The number of rotatable bonds is 4. The van der Waals surface area contributed by atoms with Gasteiger partial charge in [0.2, 0.25) is 0 Å². The number of hydrogen-bond acceptors (Lipinski definition) is 3. The zero-order chi connectivity index (χ0) is 14.5. The van der Waals surface area contributed by atoms with Crippen molar-refractivity contribution in [1.82, 2.24) is 0 Å². The molecule has 0 aliphatic heterocycles. The molecule has 20 heavy (non-hydrogen) atoms. The number of carbonyl (C=O) groups excluding carboxylic acids is 1. The normalized spacial score (nSPS) is 11.4. The monoisotopic (exact) mass is 269 g/mol. The van der Waals surface area contributed by atoms with Gasteiger partial charge in [-0.3, -0.25) is 4.79 Å². The molecule has 0 N–H and O–H groups in total. The van der Waals surface area contributed by atoms with E-state index in [-0.39, 0.29) is 5.78 Å². The summed E-state index contributed by atoms with van der Waals surface area (Å²) in [5, 5.41) is 9.19. The molecular formula is C16H12FNO2. The molecule has 4 heteroatoms. The second kappa shape index (κ2) is 5.98. The molecule has 1 atom stereocenters. The van der Waals surface area contributed by atoms with Crippen LogP contribution in [-0.4, -0.2) is 12.9 Å². The largest absolute Gasteiger partial charge is 0.497 e. The maximum absolute atomic E-state index is 12.9. The molecule has 2 aromatic rings. The van der Waals surface area contributed by atoms with Crippen molar-refractivity contribution in [3.8, 4) is 11.8 Å². The van der Waals surface area contributed by atoms with Crippen LogP contribution in [0.4, 0.5) is 4.39 Å². The van der Waals surface area contributed by atoms with Crippen LogP contribution in [0.25, 0.3) is 0 Å². The van der Waals surface area contributed by atoms with Crippen molar-refractivity contribution >= 4 is 5.78 Å². The topological polar surface area (TPSA) is 50.1 Å². The van der Waals surface area contributed by atoms with Gasteiger partial charge in [0.1, 0.15) is 17.5 Å². The summed E-state index contributed by atoms with van der Waals surface area (Å²) in [5.41, 5.74) is 0.899. The lowest BCUT2D eigenvalue weighted by Gasteiger charge is -2.09. The van der Waals surface area contributed by atoms with Gasteiger partial charge in [-0.1, -0.05) is 12.1 Å². The highest BCUT2D eigenvalue weighted by molar-refractivity contribution is 6.02. The Morgan fingerprint density at radius 2 is 1.75 bits per heavy atom. The van der Waals surface area contributed by atoms with Crippen molar-refractivity contribution in [2.24, 2.45) is 0 Å². The van der Waals surface area contributed by atoms with E-state index in [4.69, 9.17) is 4.74 Å². The average Bonchev–Trinajstić information content (AvgIpc) is 2.50. The van der Waals surface area contributed by atoms with Gasteiger partial charge in [0.05, 0.1) is 13.2 Å². The fourth-order valence-electron chi connectivity index (χ4n) is 1.86. The molecule has 0 heterocycles. The lowest BCUT2D eigenvalue weighted by molar-refractivity contribution is 0.0979. The molecule has 0 saturated heterocycles. The summed E-state index contributed by atoms with van der Waals surface area (Å²) < 4.78 is 17.9. The van der Waals surface area contributed by atoms with Crippen molar-refractivity contribution < 1.29 is 13.9 Å². The number of nitrogens with zero attached hydrogens (tertiary/aromatic N) is 1. The predicted octanol–water partition coefficient (Wildman–Crippen LogP) is 3.32. The van der Waals surface area contributed by atoms with Crippen LogP contribution in [0, 0.1) is 17.1 Å². The highest BCUT2D eigenvalue weighted by Gasteiger charge is 2.21. The van der Waals surface area contributed by atoms with Crippen LogP contribution in [0.1, 0.15) is 21.8 Å². The zero-order valence-corrected chi connectivity index (χ0v) is 10.8. The first kappa shape index (κ1) is 13.8. The smallest absolute Gasteiger partial charge is 0.184 e. The molecule has 3 nitrogen and oxygen atoms in total. The lowest BCUT2D eigenvalue weighted by atomic mass is 9.92. The maximum Gasteiger partial charge on any atom is 0.184 e. The number of carbonyl (C=O) groups is 1. The van der Waals surface area contributed by atoms with E-state index in [1.807, 2.05) is 6.07 Å². The molecule has 0 saturated carbocycles. The first-order valence-corrected chi connectivity index (χ1v) is 5.99. The molecule has 0 aromatic heterocycles. The molecule has 0 aliphatic rings. The lowest BCUT2D eigenvalue weighted by Crippen LogP contribution is -2.11. The SMILES string of the molecule is COc1ccc(C(=O)C(C#N)c2ccc(F)cc2)cc1. The fraction of sp³-hybridized carbons (Fsp3) is 0.125. The Hall–Kier alpha value is -2.67. The van der Waals surface area contributed by atoms with Crippen LogP contribution in [0.15, 0.2) is 48.5 Å². The second-order valence-electron chi connectivity index (χ2n) is 4.21. The van der Waals surface area contributed by atoms with Crippen LogP contribution in [0.3, 0.4) is 0 Å². The Kier molecular flexibility index (Phi) is 4.11. The summed E-state index contributed by atoms with van der Waals surface area (Å²) in [5.74, 6) is -1.02. The van der Waals surface area contributed by atoms with E-state index in [2.05, 4.69) is 0 Å². The minimum absolute atomic E-state index is 0.318. The molecule has 2 aromatic carbocycles. The number of ketones is 1. The Labute approximate surface area is 116 Å². The van der Waals surface area contributed by atoms with Gasteiger partial charge in [0.25, 0.3) is 0 Å². The first-order valence-electron chi connectivity index (χ1n) is 5.99. The number of ether oxygens (including phenoxy) is 1. The first-order chi connectivity index (χ1) is 9.65. The molecule has 0 fully saturated rings. The molecule has 2 rings (SSSR count). The van der Waals surface area contributed by atoms with Gasteiger partial charge in [-0.15, -0.1) is 0 Å². The second-order valence-corrected chi connectivity index (χ2v) is 4.21. The average molecular weight is 269 g/mol. The Morgan fingerprint density at radius 3 is 2.25 bits per heavy atom. The minimum Gasteiger partial charge on any atom is -0.497 e. The Bertz CT molecular complexity index is 642.